The van der Waals surface area contributed by atoms with Crippen LogP contribution in [0.25, 0.3) is 167 Å². The van der Waals surface area contributed by atoms with E-state index >= 15 is 0 Å². The highest BCUT2D eigenvalue weighted by atomic mass is 79.9. The van der Waals surface area contributed by atoms with Crippen LogP contribution in [0.5, 0.6) is 0 Å². The molecule has 21 aromatic rings. The van der Waals surface area contributed by atoms with Crippen LogP contribution in [0.4, 0.5) is 0 Å². The van der Waals surface area contributed by atoms with Crippen molar-refractivity contribution in [2.75, 3.05) is 0 Å². The van der Waals surface area contributed by atoms with Crippen LogP contribution in [0, 0.1) is 0 Å². The van der Waals surface area contributed by atoms with E-state index in [-0.39, 0.29) is 5.78 Å². The molecule has 4 aliphatic carbocycles. The van der Waals surface area contributed by atoms with Crippen LogP contribution >= 0.6 is 15.9 Å². The normalized spacial score (nSPS) is 13.4. The van der Waals surface area contributed by atoms with E-state index < -0.39 is 21.4 Å². The van der Waals surface area contributed by atoms with Gasteiger partial charge in [-0.1, -0.05) is 453 Å². The quantitative estimate of drug-likeness (QED) is 0.116. The fourth-order valence-electron chi connectivity index (χ4n) is 19.2. The summed E-state index contributed by atoms with van der Waals surface area (Å²) in [4.78, 5) is 44.4. The Labute approximate surface area is 765 Å². The van der Waals surface area contributed by atoms with Crippen molar-refractivity contribution >= 4 is 64.4 Å². The molecule has 0 saturated heterocycles. The minimum atomic E-state index is -4.67. The fraction of sp³-hybridized carbons (Fsp3) is 0.0171. The molecule has 0 bridgehead atoms. The van der Waals surface area contributed by atoms with Gasteiger partial charge in [-0.25, -0.2) is 29.9 Å². The molecule has 3 N–H and O–H groups in total. The maximum absolute atomic E-state index is 13.4. The average Bonchev–Trinajstić information content (AvgIpc) is 1.50. The lowest BCUT2D eigenvalue weighted by molar-refractivity contribution is 0.104. The number of hydrogen-bond acceptors (Lipinski definition) is 10. The molecule has 0 aliphatic heterocycles. The molecule has 0 saturated carbocycles. The lowest BCUT2D eigenvalue weighted by Gasteiger charge is -2.31. The lowest BCUT2D eigenvalue weighted by atomic mass is 9.69. The Balaban J connectivity index is 0.000000109. The number of fused-ring (bicyclic) bond motifs is 19. The second-order valence-electron chi connectivity index (χ2n) is 32.3. The van der Waals surface area contributed by atoms with Crippen LogP contribution in [0.3, 0.4) is 0 Å². The molecule has 3 heterocycles. The maximum atomic E-state index is 13.4. The Morgan fingerprint density at radius 1 is 0.237 bits per heavy atom. The first-order valence-corrected chi connectivity index (χ1v) is 45.2. The van der Waals surface area contributed by atoms with Gasteiger partial charge in [0.1, 0.15) is 5.60 Å². The van der Waals surface area contributed by atoms with Crippen molar-refractivity contribution in [1.82, 2.24) is 29.9 Å². The molecular formula is C117H77BrN6O6S. The molecule has 3 aromatic heterocycles. The highest BCUT2D eigenvalue weighted by Crippen LogP contribution is 2.65. The lowest BCUT2D eigenvalue weighted by Crippen LogP contribution is -2.28. The van der Waals surface area contributed by atoms with Gasteiger partial charge in [0, 0.05) is 82.4 Å². The number of rotatable bonds is 9. The van der Waals surface area contributed by atoms with Gasteiger partial charge in [0.2, 0.25) is 0 Å². The molecule has 1 spiro atoms. The molecule has 1 unspecified atom stereocenters. The Hall–Kier alpha value is -16.0. The van der Waals surface area contributed by atoms with Gasteiger partial charge in [-0.15, -0.1) is 0 Å². The van der Waals surface area contributed by atoms with Gasteiger partial charge in [0.05, 0.1) is 45.1 Å². The van der Waals surface area contributed by atoms with Gasteiger partial charge >= 0.3 is 10.4 Å². The molecule has 18 aromatic carbocycles. The number of aromatic nitrogens is 6. The Morgan fingerprint density at radius 2 is 0.542 bits per heavy atom. The smallest absolute Gasteiger partial charge is 0.376 e. The first kappa shape index (κ1) is 82.0. The Kier molecular flexibility index (Phi) is 21.7. The number of benzene rings is 18. The summed E-state index contributed by atoms with van der Waals surface area (Å²) in [7, 11) is -4.67. The number of hydrogen-bond donors (Lipinski definition) is 3. The predicted molar refractivity (Wildman–Crippen MR) is 530 cm³/mol. The number of carbonyl (C=O) groups is 1. The molecular weight excluding hydrogens is 1700 g/mol. The standard InChI is InChI=1S/C39H26N2O.C39H24N2.C27H16N2O.C12H9Br.H2O4S/c42-39(33-24-11-9-21-30(33)27-14-3-1-4-15-27)34-25-12-10-22-32(34)37-35(39)36(40-38(41-37)28-17-5-2-6-18-28)31-23-13-19-26-16-7-8-20-29(26)31;1-2-13-26(14-3-1)38-40-36(28-23-22-25-12-4-5-15-27(25)24-28)35-37(41-38)31-18-8-11-21-34(31)39(35)32-19-9-6-16-29(32)30-17-7-10-20-33(30)39;30-26-22-15-7-6-14-21(22)25-23(26)24(28-27(29-25)18-10-2-1-3-11-18)20-16-8-12-17-9-4-5-13-19(17)20;13-12-9-5-4-8-11(12)10-6-2-1-3-7-10;1-5(2,3)4/h1-25,42H;1-24H;1-16H;1-9H;(H2,1,2,3,4). The van der Waals surface area contributed by atoms with Crippen molar-refractivity contribution in [3.63, 3.8) is 0 Å². The summed E-state index contributed by atoms with van der Waals surface area (Å²) in [6.45, 7) is 0. The van der Waals surface area contributed by atoms with Crippen molar-refractivity contribution < 1.29 is 27.4 Å². The van der Waals surface area contributed by atoms with E-state index in [0.717, 1.165) is 121 Å². The summed E-state index contributed by atoms with van der Waals surface area (Å²) in [6, 6.07) is 154. The molecule has 4 aliphatic rings. The molecule has 0 fully saturated rings. The summed E-state index contributed by atoms with van der Waals surface area (Å²) in [6.07, 6.45) is 0. The molecule has 624 valence electrons. The summed E-state index contributed by atoms with van der Waals surface area (Å²) in [5.41, 5.74) is 27.5. The van der Waals surface area contributed by atoms with Gasteiger partial charge < -0.3 is 5.11 Å². The summed E-state index contributed by atoms with van der Waals surface area (Å²) >= 11 is 3.53. The minimum Gasteiger partial charge on any atom is -0.376 e. The molecule has 25 rings (SSSR count). The van der Waals surface area contributed by atoms with Gasteiger partial charge in [0.15, 0.2) is 23.3 Å². The zero-order valence-electron chi connectivity index (χ0n) is 70.3. The largest absolute Gasteiger partial charge is 0.394 e. The van der Waals surface area contributed by atoms with Gasteiger partial charge in [-0.2, -0.15) is 8.42 Å². The third-order valence-electron chi connectivity index (χ3n) is 24.8. The average molecular weight is 1770 g/mol. The first-order chi connectivity index (χ1) is 64.3. The van der Waals surface area contributed by atoms with Gasteiger partial charge in [-0.3, -0.25) is 13.9 Å². The van der Waals surface area contributed by atoms with E-state index in [1.54, 1.807) is 0 Å². The Bertz CT molecular complexity index is 8090. The van der Waals surface area contributed by atoms with Crippen molar-refractivity contribution in [2.24, 2.45) is 0 Å². The third kappa shape index (κ3) is 15.0. The van der Waals surface area contributed by atoms with E-state index in [0.29, 0.717) is 39.7 Å². The monoisotopic (exact) mass is 1770 g/mol. The minimum absolute atomic E-state index is 0.0110. The second-order valence-corrected chi connectivity index (χ2v) is 34.0. The van der Waals surface area contributed by atoms with Crippen LogP contribution in [0.15, 0.2) is 453 Å². The third-order valence-corrected chi connectivity index (χ3v) is 25.5. The van der Waals surface area contributed by atoms with Crippen LogP contribution in [-0.4, -0.2) is 58.3 Å². The van der Waals surface area contributed by atoms with Crippen LogP contribution < -0.4 is 0 Å². The zero-order valence-corrected chi connectivity index (χ0v) is 72.7. The van der Waals surface area contributed by atoms with Crippen LogP contribution in [0.1, 0.15) is 54.9 Å². The first-order valence-electron chi connectivity index (χ1n) is 43.1. The van der Waals surface area contributed by atoms with E-state index in [2.05, 4.69) is 271 Å². The van der Waals surface area contributed by atoms with E-state index in [1.165, 1.54) is 60.8 Å². The number of halogens is 1. The van der Waals surface area contributed by atoms with Crippen LogP contribution in [-0.2, 0) is 21.4 Å². The second kappa shape index (κ2) is 34.6. The maximum Gasteiger partial charge on any atom is 0.394 e. The summed E-state index contributed by atoms with van der Waals surface area (Å²) < 4.78 is 32.7. The number of carbonyl (C=O) groups excluding carboxylic acids is 1. The highest BCUT2D eigenvalue weighted by molar-refractivity contribution is 9.10. The zero-order chi connectivity index (χ0) is 88.7. The molecule has 0 amide bonds. The molecule has 12 nitrogen and oxygen atoms in total. The Morgan fingerprint density at radius 3 is 1.04 bits per heavy atom. The molecule has 131 heavy (non-hydrogen) atoms. The van der Waals surface area contributed by atoms with Crippen molar-refractivity contribution in [3.8, 4) is 135 Å². The van der Waals surface area contributed by atoms with E-state index in [9.17, 15) is 9.90 Å². The molecule has 0 radical (unpaired) electrons. The topological polar surface area (TPSA) is 189 Å². The number of ketones is 1. The molecule has 14 heteroatoms. The van der Waals surface area contributed by atoms with E-state index in [1.807, 2.05) is 194 Å². The van der Waals surface area contributed by atoms with E-state index in [4.69, 9.17) is 47.4 Å². The molecule has 1 atom stereocenters. The van der Waals surface area contributed by atoms with Gasteiger partial charge in [0.25, 0.3) is 0 Å². The van der Waals surface area contributed by atoms with Crippen molar-refractivity contribution in [3.05, 3.63) is 503 Å². The van der Waals surface area contributed by atoms with Gasteiger partial charge in [-0.05, 0) is 94.5 Å². The fourth-order valence-corrected chi connectivity index (χ4v) is 19.7. The van der Waals surface area contributed by atoms with Crippen molar-refractivity contribution in [2.45, 2.75) is 11.0 Å². The highest BCUT2D eigenvalue weighted by Gasteiger charge is 2.55. The summed E-state index contributed by atoms with van der Waals surface area (Å²) in [5, 5.41) is 20.1. The predicted octanol–water partition coefficient (Wildman–Crippen LogP) is 27.8. The van der Waals surface area contributed by atoms with Crippen molar-refractivity contribution in [1.29, 1.82) is 0 Å². The number of nitrogens with zero attached hydrogens (tertiary/aromatic N) is 6. The number of aliphatic hydroxyl groups is 1. The SMILES string of the molecule is Brc1ccccc1-c1ccccc1.O=C1c2ccccc2-c2nc(-c3ccccc3)nc(-c3cccc4ccccc34)c21.O=S(=O)(O)O.OC1(c2ccccc2-c2ccccc2)c2ccccc2-c2nc(-c3ccccc3)nc(-c3cccc4ccccc34)c21.c1ccc(-c2nc(-c3ccc4ccccc4c3)c3c(n2)-c2ccccc2C32c3ccccc3-c3ccccc32)cc1. The van der Waals surface area contributed by atoms with Crippen LogP contribution in [0.2, 0.25) is 0 Å². The summed E-state index contributed by atoms with van der Waals surface area (Å²) in [5.74, 6) is 2.00.